The third-order valence-electron chi connectivity index (χ3n) is 3.54. The summed E-state index contributed by atoms with van der Waals surface area (Å²) < 4.78 is 4.05. The van der Waals surface area contributed by atoms with E-state index in [0.717, 1.165) is 29.8 Å². The summed E-state index contributed by atoms with van der Waals surface area (Å²) in [6.45, 7) is 2.94. The highest BCUT2D eigenvalue weighted by atomic mass is 15.2. The summed E-state index contributed by atoms with van der Waals surface area (Å²) in [6.07, 6.45) is 2.74. The summed E-state index contributed by atoms with van der Waals surface area (Å²) in [7, 11) is 0. The van der Waals surface area contributed by atoms with Gasteiger partial charge in [0.1, 0.15) is 23.2 Å². The molecule has 1 aromatic carbocycles. The van der Waals surface area contributed by atoms with Crippen LogP contribution in [0.25, 0.3) is 22.5 Å². The molecular formula is C15H15N7. The second-order valence-corrected chi connectivity index (χ2v) is 4.92. The lowest BCUT2D eigenvalue weighted by Crippen LogP contribution is -1.99. The van der Waals surface area contributed by atoms with E-state index in [1.54, 1.807) is 6.20 Å². The van der Waals surface area contributed by atoms with Crippen LogP contribution in [-0.4, -0.2) is 14.0 Å². The van der Waals surface area contributed by atoms with Crippen LogP contribution in [0, 0.1) is 16.9 Å². The number of benzene rings is 1. The van der Waals surface area contributed by atoms with Crippen molar-refractivity contribution in [1.82, 2.24) is 14.0 Å². The minimum absolute atomic E-state index is 0.0957. The molecule has 7 heteroatoms. The number of allylic oxidation sites excluding steroid dienone is 1. The quantitative estimate of drug-likeness (QED) is 0.570. The zero-order chi connectivity index (χ0) is 15.7. The van der Waals surface area contributed by atoms with Gasteiger partial charge in [-0.15, -0.1) is 0 Å². The number of nitrogens with one attached hydrogen (secondary N) is 1. The van der Waals surface area contributed by atoms with Gasteiger partial charge in [-0.2, -0.15) is 10.4 Å². The van der Waals surface area contributed by atoms with Crippen LogP contribution in [0.3, 0.4) is 0 Å². The molecule has 0 unspecified atom stereocenters. The SMILES string of the molecule is CCCn1c2ccccc2n2cc(/C(N=N)=C(/N)C#N)nc12. The van der Waals surface area contributed by atoms with E-state index in [-0.39, 0.29) is 11.4 Å². The van der Waals surface area contributed by atoms with Crippen LogP contribution in [0.4, 0.5) is 0 Å². The Balaban J connectivity index is 2.33. The van der Waals surface area contributed by atoms with Crippen molar-refractivity contribution >= 4 is 22.5 Å². The van der Waals surface area contributed by atoms with Crippen LogP contribution in [-0.2, 0) is 6.54 Å². The summed E-state index contributed by atoms with van der Waals surface area (Å²) in [5.74, 6) is 0.755. The Morgan fingerprint density at radius 3 is 2.77 bits per heavy atom. The first-order chi connectivity index (χ1) is 10.7. The second kappa shape index (κ2) is 5.33. The predicted octanol–water partition coefficient (Wildman–Crippen LogP) is 2.88. The molecule has 0 aliphatic heterocycles. The maximum absolute atomic E-state index is 8.92. The molecule has 2 heterocycles. The van der Waals surface area contributed by atoms with Gasteiger partial charge >= 0.3 is 0 Å². The first-order valence-electron chi connectivity index (χ1n) is 6.95. The standard InChI is InChI=1S/C15H15N7/c1-2-7-21-12-5-3-4-6-13(12)22-9-11(19-15(21)22)14(20-18)10(17)8-16/h3-6,9,18H,2,7,17H2,1H3/b14-10-,20-18?. The van der Waals surface area contributed by atoms with Crippen LogP contribution in [0.5, 0.6) is 0 Å². The second-order valence-electron chi connectivity index (χ2n) is 4.92. The van der Waals surface area contributed by atoms with E-state index in [4.69, 9.17) is 16.5 Å². The molecule has 0 radical (unpaired) electrons. The Kier molecular flexibility index (Phi) is 3.35. The van der Waals surface area contributed by atoms with Gasteiger partial charge in [0, 0.05) is 12.7 Å². The molecule has 7 nitrogen and oxygen atoms in total. The highest BCUT2D eigenvalue weighted by Crippen LogP contribution is 2.25. The lowest BCUT2D eigenvalue weighted by molar-refractivity contribution is 0.712. The number of nitrogens with two attached hydrogens (primary N) is 1. The Labute approximate surface area is 126 Å². The molecule has 0 aliphatic rings. The Morgan fingerprint density at radius 1 is 1.41 bits per heavy atom. The molecule has 110 valence electrons. The average Bonchev–Trinajstić information content (AvgIpc) is 3.08. The number of hydrogen-bond acceptors (Lipinski definition) is 5. The minimum atomic E-state index is -0.109. The van der Waals surface area contributed by atoms with Crippen LogP contribution in [0.2, 0.25) is 0 Å². The van der Waals surface area contributed by atoms with Crippen LogP contribution < -0.4 is 5.73 Å². The summed E-state index contributed by atoms with van der Waals surface area (Å²) in [5.41, 5.74) is 15.4. The molecule has 3 rings (SSSR count). The Bertz CT molecular complexity index is 936. The van der Waals surface area contributed by atoms with Gasteiger partial charge in [0.15, 0.2) is 0 Å². The van der Waals surface area contributed by atoms with E-state index in [1.807, 2.05) is 28.7 Å². The van der Waals surface area contributed by atoms with Crippen molar-refractivity contribution in [3.63, 3.8) is 0 Å². The number of nitrogens with zero attached hydrogens (tertiary/aromatic N) is 5. The molecule has 0 spiro atoms. The average molecular weight is 293 g/mol. The van der Waals surface area contributed by atoms with Gasteiger partial charge in [-0.25, -0.2) is 10.5 Å². The number of aromatic nitrogens is 3. The highest BCUT2D eigenvalue weighted by Gasteiger charge is 2.16. The largest absolute Gasteiger partial charge is 0.388 e. The van der Waals surface area contributed by atoms with E-state index in [9.17, 15) is 0 Å². The van der Waals surface area contributed by atoms with E-state index in [0.29, 0.717) is 5.69 Å². The van der Waals surface area contributed by atoms with Gasteiger partial charge in [-0.3, -0.25) is 4.40 Å². The van der Waals surface area contributed by atoms with Crippen molar-refractivity contribution in [2.75, 3.05) is 0 Å². The van der Waals surface area contributed by atoms with E-state index < -0.39 is 0 Å². The Morgan fingerprint density at radius 2 is 2.14 bits per heavy atom. The van der Waals surface area contributed by atoms with Crippen LogP contribution in [0.1, 0.15) is 19.0 Å². The van der Waals surface area contributed by atoms with Crippen molar-refractivity contribution < 1.29 is 0 Å². The lowest BCUT2D eigenvalue weighted by atomic mass is 10.3. The third kappa shape index (κ3) is 1.93. The molecule has 0 fully saturated rings. The highest BCUT2D eigenvalue weighted by molar-refractivity contribution is 5.82. The molecule has 0 atom stereocenters. The molecule has 0 amide bonds. The van der Waals surface area contributed by atoms with E-state index in [1.165, 1.54) is 0 Å². The maximum atomic E-state index is 8.92. The molecule has 2 aromatic heterocycles. The number of nitriles is 1. The van der Waals surface area contributed by atoms with Crippen molar-refractivity contribution in [3.05, 3.63) is 41.9 Å². The number of para-hydroxylation sites is 2. The fourth-order valence-corrected chi connectivity index (χ4v) is 2.61. The number of aryl methyl sites for hydroxylation is 1. The molecule has 0 saturated heterocycles. The minimum Gasteiger partial charge on any atom is -0.388 e. The fraction of sp³-hybridized carbons (Fsp3) is 0.200. The molecule has 22 heavy (non-hydrogen) atoms. The number of hydrogen-bond donors (Lipinski definition) is 2. The molecule has 0 aliphatic carbocycles. The monoisotopic (exact) mass is 293 g/mol. The van der Waals surface area contributed by atoms with Crippen molar-refractivity contribution in [3.8, 4) is 6.07 Å². The lowest BCUT2D eigenvalue weighted by Gasteiger charge is -2.02. The van der Waals surface area contributed by atoms with Gasteiger partial charge in [0.25, 0.3) is 0 Å². The molecule has 3 aromatic rings. The van der Waals surface area contributed by atoms with E-state index in [2.05, 4.69) is 27.7 Å². The number of imidazole rings is 2. The van der Waals surface area contributed by atoms with Crippen LogP contribution in [0.15, 0.2) is 41.3 Å². The van der Waals surface area contributed by atoms with Gasteiger partial charge in [0.05, 0.1) is 11.0 Å². The normalized spacial score (nSPS) is 12.4. The van der Waals surface area contributed by atoms with Gasteiger partial charge in [-0.05, 0) is 18.6 Å². The summed E-state index contributed by atoms with van der Waals surface area (Å²) >= 11 is 0. The van der Waals surface area contributed by atoms with Crippen LogP contribution >= 0.6 is 0 Å². The fourth-order valence-electron chi connectivity index (χ4n) is 2.61. The number of rotatable bonds is 4. The Hall–Kier alpha value is -3.14. The molecule has 3 N–H and O–H groups in total. The maximum Gasteiger partial charge on any atom is 0.215 e. The molecule has 0 bridgehead atoms. The topological polar surface area (TPSA) is 108 Å². The first kappa shape index (κ1) is 13.8. The third-order valence-corrected chi connectivity index (χ3v) is 3.54. The number of fused-ring (bicyclic) bond motifs is 3. The predicted molar refractivity (Wildman–Crippen MR) is 82.8 cm³/mol. The van der Waals surface area contributed by atoms with Gasteiger partial charge < -0.3 is 10.3 Å². The smallest absolute Gasteiger partial charge is 0.215 e. The molecular weight excluding hydrogens is 278 g/mol. The van der Waals surface area contributed by atoms with Gasteiger partial charge in [0.2, 0.25) is 5.78 Å². The summed E-state index contributed by atoms with van der Waals surface area (Å²) in [5, 5.41) is 12.3. The van der Waals surface area contributed by atoms with Crippen molar-refractivity contribution in [1.29, 1.82) is 10.8 Å². The zero-order valence-corrected chi connectivity index (χ0v) is 12.1. The van der Waals surface area contributed by atoms with E-state index >= 15 is 0 Å². The van der Waals surface area contributed by atoms with Crippen molar-refractivity contribution in [2.24, 2.45) is 10.8 Å². The zero-order valence-electron chi connectivity index (χ0n) is 12.1. The summed E-state index contributed by atoms with van der Waals surface area (Å²) in [6, 6.07) is 9.83. The summed E-state index contributed by atoms with van der Waals surface area (Å²) in [4.78, 5) is 4.53. The first-order valence-corrected chi connectivity index (χ1v) is 6.95. The van der Waals surface area contributed by atoms with Crippen molar-refractivity contribution in [2.45, 2.75) is 19.9 Å². The molecule has 0 saturated carbocycles. The van der Waals surface area contributed by atoms with Gasteiger partial charge in [-0.1, -0.05) is 19.1 Å².